The average molecular weight is 230 g/mol. The van der Waals surface area contributed by atoms with E-state index < -0.39 is 0 Å². The number of rotatable bonds is 2. The molecule has 0 amide bonds. The quantitative estimate of drug-likeness (QED) is 0.705. The Morgan fingerprint density at radius 2 is 2.14 bits per heavy atom. The summed E-state index contributed by atoms with van der Waals surface area (Å²) in [7, 11) is 0. The first-order valence-electron chi connectivity index (χ1n) is 4.85. The zero-order valence-corrected chi connectivity index (χ0v) is 9.43. The Balaban J connectivity index is 2.01. The molecular weight excluding hydrogens is 217 g/mol. The molecule has 1 unspecified atom stereocenters. The molecule has 1 nitrogen and oxygen atoms in total. The molecule has 0 spiro atoms. The Hall–Kier alpha value is -0.240. The summed E-state index contributed by atoms with van der Waals surface area (Å²) in [5, 5.41) is 1.17. The molecule has 1 atom stereocenters. The van der Waals surface area contributed by atoms with Crippen molar-refractivity contribution >= 4 is 23.2 Å². The highest BCUT2D eigenvalue weighted by Crippen LogP contribution is 2.21. The lowest BCUT2D eigenvalue weighted by Crippen LogP contribution is -2.20. The number of benzene rings is 1. The summed E-state index contributed by atoms with van der Waals surface area (Å²) in [5.41, 5.74) is 1.19. The Kier molecular flexibility index (Phi) is 3.32. The van der Waals surface area contributed by atoms with Gasteiger partial charge in [0.2, 0.25) is 0 Å². The smallest absolute Gasteiger partial charge is 0.0475 e. The monoisotopic (exact) mass is 229 g/mol. The molecule has 0 radical (unpaired) electrons. The summed E-state index contributed by atoms with van der Waals surface area (Å²) in [6.07, 6.45) is 1.09. The van der Waals surface area contributed by atoms with Crippen LogP contribution in [0.1, 0.15) is 12.0 Å². The Morgan fingerprint density at radius 1 is 1.36 bits per heavy atom. The van der Waals surface area contributed by atoms with Crippen LogP contribution in [0.5, 0.6) is 0 Å². The summed E-state index contributed by atoms with van der Waals surface area (Å²) >= 11 is 12.1. The molecule has 2 rings (SSSR count). The van der Waals surface area contributed by atoms with Gasteiger partial charge in [0.15, 0.2) is 0 Å². The molecule has 0 saturated carbocycles. The summed E-state index contributed by atoms with van der Waals surface area (Å²) in [5.74, 6) is 0. The SMILES string of the molecule is Clc1ccccc1CN1CCC(Cl)C1. The highest BCUT2D eigenvalue weighted by molar-refractivity contribution is 6.31. The van der Waals surface area contributed by atoms with Crippen LogP contribution in [-0.2, 0) is 6.54 Å². The number of likely N-dealkylation sites (tertiary alicyclic amines) is 1. The lowest BCUT2D eigenvalue weighted by molar-refractivity contribution is 0.332. The highest BCUT2D eigenvalue weighted by atomic mass is 35.5. The van der Waals surface area contributed by atoms with Crippen LogP contribution in [0.15, 0.2) is 24.3 Å². The molecule has 1 fully saturated rings. The van der Waals surface area contributed by atoms with Crippen LogP contribution < -0.4 is 0 Å². The summed E-state index contributed by atoms with van der Waals surface area (Å²) in [6.45, 7) is 2.98. The topological polar surface area (TPSA) is 3.24 Å². The third kappa shape index (κ3) is 2.41. The molecule has 14 heavy (non-hydrogen) atoms. The summed E-state index contributed by atoms with van der Waals surface area (Å²) in [4.78, 5) is 2.35. The van der Waals surface area contributed by atoms with Crippen molar-refractivity contribution in [2.24, 2.45) is 0 Å². The molecule has 1 aliphatic rings. The molecule has 1 aromatic carbocycles. The van der Waals surface area contributed by atoms with Gasteiger partial charge in [-0.1, -0.05) is 29.8 Å². The molecule has 1 aromatic rings. The molecular formula is C11H13Cl2N. The van der Waals surface area contributed by atoms with Crippen molar-refractivity contribution in [3.05, 3.63) is 34.9 Å². The third-order valence-corrected chi connectivity index (χ3v) is 3.29. The molecule has 0 aromatic heterocycles. The number of halogens is 2. The van der Waals surface area contributed by atoms with E-state index in [1.807, 2.05) is 18.2 Å². The van der Waals surface area contributed by atoms with Crippen LogP contribution in [0.25, 0.3) is 0 Å². The molecule has 0 N–H and O–H groups in total. The van der Waals surface area contributed by atoms with Gasteiger partial charge in [-0.15, -0.1) is 11.6 Å². The van der Waals surface area contributed by atoms with Crippen LogP contribution in [-0.4, -0.2) is 23.4 Å². The van der Waals surface area contributed by atoms with E-state index in [4.69, 9.17) is 23.2 Å². The van der Waals surface area contributed by atoms with Crippen LogP contribution in [0.2, 0.25) is 5.02 Å². The minimum absolute atomic E-state index is 0.317. The zero-order valence-electron chi connectivity index (χ0n) is 7.92. The largest absolute Gasteiger partial charge is 0.298 e. The summed E-state index contributed by atoms with van der Waals surface area (Å²) < 4.78 is 0. The predicted octanol–water partition coefficient (Wildman–Crippen LogP) is 3.15. The van der Waals surface area contributed by atoms with E-state index in [1.165, 1.54) is 5.56 Å². The molecule has 0 aliphatic carbocycles. The van der Waals surface area contributed by atoms with Crippen LogP contribution in [0.3, 0.4) is 0 Å². The van der Waals surface area contributed by atoms with Gasteiger partial charge in [-0.05, 0) is 24.6 Å². The number of hydrogen-bond acceptors (Lipinski definition) is 1. The molecule has 1 aliphatic heterocycles. The van der Waals surface area contributed by atoms with Gasteiger partial charge in [-0.2, -0.15) is 0 Å². The van der Waals surface area contributed by atoms with E-state index in [1.54, 1.807) is 0 Å². The molecule has 76 valence electrons. The van der Waals surface area contributed by atoms with E-state index in [-0.39, 0.29) is 0 Å². The first kappa shape index (κ1) is 10.3. The standard InChI is InChI=1S/C11H13Cl2N/c12-10-5-6-14(8-10)7-9-3-1-2-4-11(9)13/h1-4,10H,5-8H2. The Labute approximate surface area is 94.6 Å². The minimum Gasteiger partial charge on any atom is -0.298 e. The predicted molar refractivity (Wildman–Crippen MR) is 61.0 cm³/mol. The number of alkyl halides is 1. The van der Waals surface area contributed by atoms with E-state index >= 15 is 0 Å². The maximum absolute atomic E-state index is 6.08. The van der Waals surface area contributed by atoms with Gasteiger partial charge in [-0.3, -0.25) is 4.90 Å². The van der Waals surface area contributed by atoms with Gasteiger partial charge in [0, 0.05) is 23.5 Å². The fourth-order valence-electron chi connectivity index (χ4n) is 1.80. The number of hydrogen-bond donors (Lipinski definition) is 0. The highest BCUT2D eigenvalue weighted by Gasteiger charge is 2.20. The van der Waals surface area contributed by atoms with Crippen molar-refractivity contribution in [2.75, 3.05) is 13.1 Å². The van der Waals surface area contributed by atoms with Crippen molar-refractivity contribution in [3.8, 4) is 0 Å². The minimum atomic E-state index is 0.317. The fourth-order valence-corrected chi connectivity index (χ4v) is 2.28. The van der Waals surface area contributed by atoms with E-state index in [9.17, 15) is 0 Å². The van der Waals surface area contributed by atoms with Crippen molar-refractivity contribution in [2.45, 2.75) is 18.3 Å². The maximum Gasteiger partial charge on any atom is 0.0475 e. The van der Waals surface area contributed by atoms with Crippen molar-refractivity contribution < 1.29 is 0 Å². The average Bonchev–Trinajstić information content (AvgIpc) is 2.56. The van der Waals surface area contributed by atoms with Crippen molar-refractivity contribution in [1.82, 2.24) is 4.90 Å². The molecule has 1 saturated heterocycles. The normalized spacial score (nSPS) is 22.9. The Morgan fingerprint density at radius 3 is 2.79 bits per heavy atom. The summed E-state index contributed by atoms with van der Waals surface area (Å²) in [6, 6.07) is 7.99. The Bertz CT molecular complexity index is 314. The number of nitrogens with zero attached hydrogens (tertiary/aromatic N) is 1. The third-order valence-electron chi connectivity index (χ3n) is 2.57. The van der Waals surface area contributed by atoms with E-state index in [2.05, 4.69) is 11.0 Å². The van der Waals surface area contributed by atoms with E-state index in [0.29, 0.717) is 5.38 Å². The molecule has 0 bridgehead atoms. The van der Waals surface area contributed by atoms with Gasteiger partial charge in [-0.25, -0.2) is 0 Å². The van der Waals surface area contributed by atoms with Gasteiger partial charge < -0.3 is 0 Å². The molecule has 3 heteroatoms. The van der Waals surface area contributed by atoms with Crippen LogP contribution >= 0.6 is 23.2 Å². The van der Waals surface area contributed by atoms with Crippen LogP contribution in [0, 0.1) is 0 Å². The van der Waals surface area contributed by atoms with Gasteiger partial charge >= 0.3 is 0 Å². The van der Waals surface area contributed by atoms with Gasteiger partial charge in [0.1, 0.15) is 0 Å². The molecule has 1 heterocycles. The van der Waals surface area contributed by atoms with Crippen LogP contribution in [0.4, 0.5) is 0 Å². The van der Waals surface area contributed by atoms with Gasteiger partial charge in [0.05, 0.1) is 0 Å². The van der Waals surface area contributed by atoms with Crippen molar-refractivity contribution in [1.29, 1.82) is 0 Å². The first-order valence-corrected chi connectivity index (χ1v) is 5.67. The second-order valence-electron chi connectivity index (χ2n) is 3.71. The van der Waals surface area contributed by atoms with Gasteiger partial charge in [0.25, 0.3) is 0 Å². The zero-order chi connectivity index (χ0) is 9.97. The maximum atomic E-state index is 6.08. The fraction of sp³-hybridized carbons (Fsp3) is 0.455. The second-order valence-corrected chi connectivity index (χ2v) is 4.74. The van der Waals surface area contributed by atoms with E-state index in [0.717, 1.165) is 31.1 Å². The lowest BCUT2D eigenvalue weighted by Gasteiger charge is -2.15. The lowest BCUT2D eigenvalue weighted by atomic mass is 10.2. The first-order chi connectivity index (χ1) is 6.75. The van der Waals surface area contributed by atoms with Crippen molar-refractivity contribution in [3.63, 3.8) is 0 Å². The second kappa shape index (κ2) is 4.52.